The molecule has 0 fully saturated rings. The summed E-state index contributed by atoms with van der Waals surface area (Å²) in [5, 5.41) is 0. The fraction of sp³-hybridized carbons (Fsp3) is 0.632. The fourth-order valence-corrected chi connectivity index (χ4v) is 3.75. The molecule has 1 atom stereocenters. The van der Waals surface area contributed by atoms with Crippen molar-refractivity contribution < 1.29 is 4.79 Å². The quantitative estimate of drug-likeness (QED) is 0.689. The number of ketones is 1. The Bertz CT molecular complexity index is 549. The van der Waals surface area contributed by atoms with E-state index >= 15 is 0 Å². The Kier molecular flexibility index (Phi) is 3.60. The van der Waals surface area contributed by atoms with Crippen LogP contribution in [0.5, 0.6) is 0 Å². The van der Waals surface area contributed by atoms with E-state index in [4.69, 9.17) is 0 Å². The molecule has 0 radical (unpaired) electrons. The Labute approximate surface area is 123 Å². The molecule has 0 heterocycles. The highest BCUT2D eigenvalue weighted by Crippen LogP contribution is 2.49. The minimum atomic E-state index is 0.154. The topological polar surface area (TPSA) is 17.1 Å². The van der Waals surface area contributed by atoms with Gasteiger partial charge in [-0.15, -0.1) is 0 Å². The first-order chi connectivity index (χ1) is 9.11. The maximum Gasteiger partial charge on any atom is 0.160 e. The van der Waals surface area contributed by atoms with Gasteiger partial charge in [-0.25, -0.2) is 0 Å². The summed E-state index contributed by atoms with van der Waals surface area (Å²) in [5.74, 6) is 0.842. The minimum Gasteiger partial charge on any atom is -0.295 e. The summed E-state index contributed by atoms with van der Waals surface area (Å²) in [6, 6.07) is 4.49. The lowest BCUT2D eigenvalue weighted by atomic mass is 9.57. The highest BCUT2D eigenvalue weighted by Gasteiger charge is 2.42. The fourth-order valence-electron chi connectivity index (χ4n) is 3.75. The van der Waals surface area contributed by atoms with Crippen LogP contribution in [0.4, 0.5) is 0 Å². The number of rotatable bonds is 2. The standard InChI is InChI=1S/C19H28O/c1-8-14-9-17-16(10-15(14)13(3)20)18(4,5)11-12(2)19(17,6)7/h9-10,12H,8,11H2,1-7H3. The number of fused-ring (bicyclic) bond motifs is 1. The van der Waals surface area contributed by atoms with Crippen LogP contribution in [0.1, 0.15) is 81.9 Å². The first kappa shape index (κ1) is 15.3. The molecule has 110 valence electrons. The highest BCUT2D eigenvalue weighted by molar-refractivity contribution is 5.96. The molecular formula is C19H28O. The largest absolute Gasteiger partial charge is 0.295 e. The van der Waals surface area contributed by atoms with Crippen molar-refractivity contribution in [2.24, 2.45) is 5.92 Å². The van der Waals surface area contributed by atoms with Crippen molar-refractivity contribution in [3.8, 4) is 0 Å². The van der Waals surface area contributed by atoms with Crippen LogP contribution in [0.25, 0.3) is 0 Å². The molecule has 0 spiro atoms. The van der Waals surface area contributed by atoms with Gasteiger partial charge in [-0.1, -0.05) is 47.6 Å². The van der Waals surface area contributed by atoms with Crippen molar-refractivity contribution in [2.75, 3.05) is 0 Å². The van der Waals surface area contributed by atoms with Gasteiger partial charge >= 0.3 is 0 Å². The lowest BCUT2D eigenvalue weighted by molar-refractivity contribution is 0.101. The van der Waals surface area contributed by atoms with Crippen molar-refractivity contribution in [2.45, 2.75) is 72.1 Å². The third kappa shape index (κ3) is 2.21. The molecule has 1 nitrogen and oxygen atoms in total. The van der Waals surface area contributed by atoms with Gasteiger partial charge in [0.25, 0.3) is 0 Å². The predicted octanol–water partition coefficient (Wildman–Crippen LogP) is 5.05. The van der Waals surface area contributed by atoms with E-state index in [0.717, 1.165) is 12.0 Å². The van der Waals surface area contributed by atoms with E-state index < -0.39 is 0 Å². The molecule has 0 bridgehead atoms. The second-order valence-electron chi connectivity index (χ2n) is 7.68. The molecule has 1 aromatic carbocycles. The predicted molar refractivity (Wildman–Crippen MR) is 85.7 cm³/mol. The number of benzene rings is 1. The molecule has 1 aliphatic carbocycles. The Balaban J connectivity index is 2.77. The van der Waals surface area contributed by atoms with Gasteiger partial charge in [0.05, 0.1) is 0 Å². The van der Waals surface area contributed by atoms with Crippen LogP contribution in [0, 0.1) is 5.92 Å². The highest BCUT2D eigenvalue weighted by atomic mass is 16.1. The summed E-state index contributed by atoms with van der Waals surface area (Å²) >= 11 is 0. The maximum absolute atomic E-state index is 11.9. The normalized spacial score (nSPS) is 23.2. The maximum atomic E-state index is 11.9. The molecule has 0 aromatic heterocycles. The van der Waals surface area contributed by atoms with Gasteiger partial charge in [-0.05, 0) is 59.3 Å². The van der Waals surface area contributed by atoms with Crippen LogP contribution in [-0.2, 0) is 17.3 Å². The van der Waals surface area contributed by atoms with Crippen LogP contribution in [0.2, 0.25) is 0 Å². The Morgan fingerprint density at radius 1 is 1.20 bits per heavy atom. The average molecular weight is 272 g/mol. The molecule has 1 aliphatic rings. The molecule has 0 amide bonds. The molecule has 0 saturated carbocycles. The van der Waals surface area contributed by atoms with Crippen molar-refractivity contribution in [1.82, 2.24) is 0 Å². The van der Waals surface area contributed by atoms with Crippen LogP contribution < -0.4 is 0 Å². The van der Waals surface area contributed by atoms with Crippen LogP contribution in [0.15, 0.2) is 12.1 Å². The second-order valence-corrected chi connectivity index (χ2v) is 7.68. The van der Waals surface area contributed by atoms with E-state index in [-0.39, 0.29) is 16.6 Å². The minimum absolute atomic E-state index is 0.154. The van der Waals surface area contributed by atoms with E-state index in [1.165, 1.54) is 23.1 Å². The van der Waals surface area contributed by atoms with Gasteiger partial charge < -0.3 is 0 Å². The number of carbonyl (C=O) groups excluding carboxylic acids is 1. The second kappa shape index (κ2) is 4.72. The summed E-state index contributed by atoms with van der Waals surface area (Å²) < 4.78 is 0. The van der Waals surface area contributed by atoms with Crippen molar-refractivity contribution >= 4 is 5.78 Å². The molecule has 0 saturated heterocycles. The van der Waals surface area contributed by atoms with Crippen LogP contribution in [-0.4, -0.2) is 5.78 Å². The van der Waals surface area contributed by atoms with Crippen LogP contribution >= 0.6 is 0 Å². The van der Waals surface area contributed by atoms with Crippen molar-refractivity contribution in [3.05, 3.63) is 34.4 Å². The summed E-state index contributed by atoms with van der Waals surface area (Å²) in [4.78, 5) is 11.9. The van der Waals surface area contributed by atoms with Gasteiger partial charge in [-0.2, -0.15) is 0 Å². The zero-order valence-electron chi connectivity index (χ0n) is 14.1. The monoisotopic (exact) mass is 272 g/mol. The lowest BCUT2D eigenvalue weighted by Crippen LogP contribution is -2.40. The van der Waals surface area contributed by atoms with Gasteiger partial charge in [0.15, 0.2) is 5.78 Å². The van der Waals surface area contributed by atoms with E-state index in [2.05, 4.69) is 53.7 Å². The lowest BCUT2D eigenvalue weighted by Gasteiger charge is -2.47. The number of hydrogen-bond acceptors (Lipinski definition) is 1. The Hall–Kier alpha value is -1.11. The van der Waals surface area contributed by atoms with Crippen molar-refractivity contribution in [3.63, 3.8) is 0 Å². The number of hydrogen-bond donors (Lipinski definition) is 0. The molecule has 1 aromatic rings. The number of aryl methyl sites for hydroxylation is 1. The summed E-state index contributed by atoms with van der Waals surface area (Å²) in [6.07, 6.45) is 2.10. The molecule has 1 heteroatoms. The molecule has 0 aliphatic heterocycles. The van der Waals surface area contributed by atoms with E-state index in [0.29, 0.717) is 5.92 Å². The number of carbonyl (C=O) groups is 1. The van der Waals surface area contributed by atoms with Crippen molar-refractivity contribution in [1.29, 1.82) is 0 Å². The zero-order chi connectivity index (χ0) is 15.3. The Morgan fingerprint density at radius 3 is 2.30 bits per heavy atom. The molecular weight excluding hydrogens is 244 g/mol. The zero-order valence-corrected chi connectivity index (χ0v) is 14.1. The van der Waals surface area contributed by atoms with E-state index in [1.54, 1.807) is 6.92 Å². The van der Waals surface area contributed by atoms with Gasteiger partial charge in [0.2, 0.25) is 0 Å². The molecule has 2 rings (SSSR count). The summed E-state index contributed by atoms with van der Waals surface area (Å²) in [5.41, 5.74) is 5.29. The van der Waals surface area contributed by atoms with Gasteiger partial charge in [0, 0.05) is 5.56 Å². The van der Waals surface area contributed by atoms with E-state index in [9.17, 15) is 4.79 Å². The Morgan fingerprint density at radius 2 is 1.80 bits per heavy atom. The SMILES string of the molecule is CCc1cc2c(cc1C(C)=O)C(C)(C)CC(C)C2(C)C. The first-order valence-corrected chi connectivity index (χ1v) is 7.80. The summed E-state index contributed by atoms with van der Waals surface area (Å²) in [7, 11) is 0. The smallest absolute Gasteiger partial charge is 0.160 e. The van der Waals surface area contributed by atoms with Gasteiger partial charge in [0.1, 0.15) is 0 Å². The molecule has 0 N–H and O–H groups in total. The average Bonchev–Trinajstić information content (AvgIpc) is 2.34. The van der Waals surface area contributed by atoms with E-state index in [1.807, 2.05) is 0 Å². The third-order valence-corrected chi connectivity index (χ3v) is 5.48. The van der Waals surface area contributed by atoms with Gasteiger partial charge in [-0.3, -0.25) is 4.79 Å². The molecule has 20 heavy (non-hydrogen) atoms. The summed E-state index contributed by atoms with van der Waals surface area (Å²) in [6.45, 7) is 15.5. The third-order valence-electron chi connectivity index (χ3n) is 5.48. The molecule has 1 unspecified atom stereocenters. The van der Waals surface area contributed by atoms with Crippen LogP contribution in [0.3, 0.4) is 0 Å². The first-order valence-electron chi connectivity index (χ1n) is 7.80. The number of Topliss-reactive ketones (excluding diaryl/α,β-unsaturated/α-hetero) is 1.